The second-order valence-corrected chi connectivity index (χ2v) is 5.39. The van der Waals surface area contributed by atoms with Gasteiger partial charge in [0.1, 0.15) is 5.88 Å². The Morgan fingerprint density at radius 3 is 2.76 bits per heavy atom. The monoisotopic (exact) mass is 325 g/mol. The number of carbonyl (C=O) groups is 2. The van der Waals surface area contributed by atoms with Gasteiger partial charge in [0, 0.05) is 0 Å². The molecule has 1 aromatic carbocycles. The van der Waals surface area contributed by atoms with Crippen LogP contribution < -0.4 is 10.1 Å². The van der Waals surface area contributed by atoms with Crippen LogP contribution in [0.5, 0.6) is 11.5 Å². The Bertz CT molecular complexity index is 683. The number of ether oxygens (including phenoxy) is 1. The van der Waals surface area contributed by atoms with Crippen LogP contribution in [0.1, 0.15) is 15.2 Å². The minimum absolute atomic E-state index is 0.102. The molecule has 1 aromatic heterocycles. The van der Waals surface area contributed by atoms with Gasteiger partial charge < -0.3 is 15.2 Å². The molecule has 7 heteroatoms. The van der Waals surface area contributed by atoms with Gasteiger partial charge in [-0.1, -0.05) is 6.07 Å². The smallest absolute Gasteiger partial charge is 0.349 e. The molecule has 0 radical (unpaired) electrons. The number of aromatic carboxylic acids is 1. The van der Waals surface area contributed by atoms with E-state index in [0.717, 1.165) is 16.9 Å². The molecule has 0 fully saturated rings. The van der Waals surface area contributed by atoms with Crippen molar-refractivity contribution in [3.05, 3.63) is 40.1 Å². The van der Waals surface area contributed by atoms with Crippen LogP contribution in [0.4, 0.5) is 5.69 Å². The van der Waals surface area contributed by atoms with Crippen LogP contribution in [0.2, 0.25) is 0 Å². The molecule has 0 atom stereocenters. The van der Waals surface area contributed by atoms with Crippen LogP contribution in [0.25, 0.3) is 0 Å². The topological polar surface area (TPSA) is 75.6 Å². The Balaban J connectivity index is 2.33. The van der Waals surface area contributed by atoms with Crippen molar-refractivity contribution in [2.45, 2.75) is 6.92 Å². The first kappa shape index (κ1) is 15.3. The van der Waals surface area contributed by atoms with E-state index in [-0.39, 0.29) is 22.4 Å². The Kier molecular flexibility index (Phi) is 4.82. The maximum Gasteiger partial charge on any atom is 0.349 e. The van der Waals surface area contributed by atoms with Crippen LogP contribution >= 0.6 is 22.9 Å². The minimum Gasteiger partial charge on any atom is -0.477 e. The van der Waals surface area contributed by atoms with Crippen molar-refractivity contribution >= 4 is 40.5 Å². The molecule has 110 valence electrons. The molecule has 0 bridgehead atoms. The highest BCUT2D eigenvalue weighted by molar-refractivity contribution is 7.12. The number of carbonyl (C=O) groups excluding carboxylic acids is 1. The first-order valence-corrected chi connectivity index (χ1v) is 7.37. The van der Waals surface area contributed by atoms with Crippen molar-refractivity contribution in [1.82, 2.24) is 0 Å². The third kappa shape index (κ3) is 3.74. The standard InChI is InChI=1S/C14H12ClNO4S/c1-8-2-3-10(9(6-8)16-12(17)7-15)20-11-4-5-21-13(11)14(18)19/h2-6H,7H2,1H3,(H,16,17)(H,18,19). The van der Waals surface area contributed by atoms with Crippen molar-refractivity contribution < 1.29 is 19.4 Å². The predicted octanol–water partition coefficient (Wildman–Crippen LogP) is 3.72. The summed E-state index contributed by atoms with van der Waals surface area (Å²) in [6, 6.07) is 6.77. The molecule has 2 N–H and O–H groups in total. The number of carboxylic acids is 1. The van der Waals surface area contributed by atoms with Crippen LogP contribution in [-0.4, -0.2) is 22.9 Å². The van der Waals surface area contributed by atoms with Crippen molar-refractivity contribution in [3.63, 3.8) is 0 Å². The average Bonchev–Trinajstić information content (AvgIpc) is 2.90. The number of hydrogen-bond acceptors (Lipinski definition) is 4. The van der Waals surface area contributed by atoms with E-state index in [1.807, 2.05) is 6.92 Å². The van der Waals surface area contributed by atoms with E-state index in [1.54, 1.807) is 29.6 Å². The summed E-state index contributed by atoms with van der Waals surface area (Å²) in [5, 5.41) is 13.3. The van der Waals surface area contributed by atoms with Gasteiger partial charge in [0.25, 0.3) is 0 Å². The van der Waals surface area contributed by atoms with Gasteiger partial charge in [-0.25, -0.2) is 4.79 Å². The summed E-state index contributed by atoms with van der Waals surface area (Å²) in [4.78, 5) is 22.6. The summed E-state index contributed by atoms with van der Waals surface area (Å²) in [6.45, 7) is 1.87. The molecule has 0 aliphatic rings. The fourth-order valence-corrected chi connectivity index (χ4v) is 2.39. The number of benzene rings is 1. The molecule has 5 nitrogen and oxygen atoms in total. The molecule has 2 rings (SSSR count). The zero-order chi connectivity index (χ0) is 15.4. The third-order valence-electron chi connectivity index (χ3n) is 2.57. The van der Waals surface area contributed by atoms with E-state index in [0.29, 0.717) is 11.4 Å². The average molecular weight is 326 g/mol. The largest absolute Gasteiger partial charge is 0.477 e. The summed E-state index contributed by atoms with van der Waals surface area (Å²) in [6.07, 6.45) is 0. The summed E-state index contributed by atoms with van der Waals surface area (Å²) >= 11 is 6.55. The molecule has 0 saturated carbocycles. The number of rotatable bonds is 5. The number of alkyl halides is 1. The van der Waals surface area contributed by atoms with E-state index in [2.05, 4.69) is 5.32 Å². The summed E-state index contributed by atoms with van der Waals surface area (Å²) in [5.41, 5.74) is 1.37. The van der Waals surface area contributed by atoms with Gasteiger partial charge in [0.2, 0.25) is 5.91 Å². The molecular weight excluding hydrogens is 314 g/mol. The van der Waals surface area contributed by atoms with E-state index in [1.165, 1.54) is 0 Å². The molecule has 21 heavy (non-hydrogen) atoms. The van der Waals surface area contributed by atoms with E-state index in [9.17, 15) is 9.59 Å². The van der Waals surface area contributed by atoms with Crippen LogP contribution in [0.15, 0.2) is 29.6 Å². The second-order valence-electron chi connectivity index (χ2n) is 4.20. The number of anilines is 1. The molecule has 0 aliphatic carbocycles. The molecule has 0 saturated heterocycles. The van der Waals surface area contributed by atoms with Gasteiger partial charge in [-0.2, -0.15) is 0 Å². The minimum atomic E-state index is -1.06. The quantitative estimate of drug-likeness (QED) is 0.821. The first-order valence-electron chi connectivity index (χ1n) is 5.96. The number of nitrogens with one attached hydrogen (secondary N) is 1. The highest BCUT2D eigenvalue weighted by Crippen LogP contribution is 2.34. The Hall–Kier alpha value is -2.05. The summed E-state index contributed by atoms with van der Waals surface area (Å²) < 4.78 is 5.61. The first-order chi connectivity index (χ1) is 10.0. The zero-order valence-corrected chi connectivity index (χ0v) is 12.6. The lowest BCUT2D eigenvalue weighted by Crippen LogP contribution is -2.13. The fourth-order valence-electron chi connectivity index (χ4n) is 1.67. The van der Waals surface area contributed by atoms with Gasteiger partial charge in [0.15, 0.2) is 16.4 Å². The number of aryl methyl sites for hydroxylation is 1. The Morgan fingerprint density at radius 1 is 1.33 bits per heavy atom. The lowest BCUT2D eigenvalue weighted by molar-refractivity contribution is -0.113. The Labute approximate surface area is 130 Å². The fraction of sp³-hybridized carbons (Fsp3) is 0.143. The van der Waals surface area contributed by atoms with Crippen molar-refractivity contribution in [2.24, 2.45) is 0 Å². The SMILES string of the molecule is Cc1ccc(Oc2ccsc2C(=O)O)c(NC(=O)CCl)c1. The van der Waals surface area contributed by atoms with E-state index < -0.39 is 5.97 Å². The van der Waals surface area contributed by atoms with Gasteiger partial charge in [0.05, 0.1) is 5.69 Å². The highest BCUT2D eigenvalue weighted by Gasteiger charge is 2.16. The molecule has 2 aromatic rings. The molecule has 0 unspecified atom stereocenters. The van der Waals surface area contributed by atoms with E-state index in [4.69, 9.17) is 21.4 Å². The number of halogens is 1. The van der Waals surface area contributed by atoms with Gasteiger partial charge in [-0.3, -0.25) is 4.79 Å². The van der Waals surface area contributed by atoms with Crippen molar-refractivity contribution in [3.8, 4) is 11.5 Å². The number of carboxylic acid groups (broad SMARTS) is 1. The van der Waals surface area contributed by atoms with Crippen LogP contribution in [0, 0.1) is 6.92 Å². The van der Waals surface area contributed by atoms with Crippen LogP contribution in [-0.2, 0) is 4.79 Å². The van der Waals surface area contributed by atoms with E-state index >= 15 is 0 Å². The van der Waals surface area contributed by atoms with Crippen molar-refractivity contribution in [1.29, 1.82) is 0 Å². The maximum absolute atomic E-state index is 11.4. The van der Waals surface area contributed by atoms with Gasteiger partial charge in [-0.05, 0) is 36.1 Å². The van der Waals surface area contributed by atoms with Crippen molar-refractivity contribution in [2.75, 3.05) is 11.2 Å². The summed E-state index contributed by atoms with van der Waals surface area (Å²) in [7, 11) is 0. The second kappa shape index (κ2) is 6.60. The number of thiophene rings is 1. The normalized spacial score (nSPS) is 10.2. The number of hydrogen-bond donors (Lipinski definition) is 2. The predicted molar refractivity (Wildman–Crippen MR) is 81.9 cm³/mol. The molecule has 0 aliphatic heterocycles. The lowest BCUT2D eigenvalue weighted by Gasteiger charge is -2.12. The molecule has 1 heterocycles. The maximum atomic E-state index is 11.4. The number of amides is 1. The van der Waals surface area contributed by atoms with Crippen LogP contribution in [0.3, 0.4) is 0 Å². The molecule has 0 spiro atoms. The summed E-state index contributed by atoms with van der Waals surface area (Å²) in [5.74, 6) is -1.00. The molecular formula is C14H12ClNO4S. The molecule has 1 amide bonds. The van der Waals surface area contributed by atoms with Gasteiger partial charge >= 0.3 is 5.97 Å². The highest BCUT2D eigenvalue weighted by atomic mass is 35.5. The lowest BCUT2D eigenvalue weighted by atomic mass is 10.2. The Morgan fingerprint density at radius 2 is 2.10 bits per heavy atom. The van der Waals surface area contributed by atoms with Gasteiger partial charge in [-0.15, -0.1) is 22.9 Å². The zero-order valence-electron chi connectivity index (χ0n) is 11.1. The third-order valence-corrected chi connectivity index (χ3v) is 3.70.